The number of amidine groups is 1. The molecule has 0 aliphatic carbocycles. The van der Waals surface area contributed by atoms with Crippen LogP contribution in [-0.2, 0) is 4.79 Å². The highest BCUT2D eigenvalue weighted by atomic mass is 16.5. The number of aryl methyl sites for hydroxylation is 1. The molecule has 0 spiro atoms. The number of benzene rings is 3. The molecule has 1 aliphatic rings. The van der Waals surface area contributed by atoms with Gasteiger partial charge in [-0.25, -0.2) is 4.99 Å². The third-order valence-electron chi connectivity index (χ3n) is 4.92. The molecule has 0 aromatic heterocycles. The fraction of sp³-hybridized carbons (Fsp3) is 0.120. The summed E-state index contributed by atoms with van der Waals surface area (Å²) in [6, 6.07) is 22.9. The van der Waals surface area contributed by atoms with Crippen molar-refractivity contribution in [1.29, 1.82) is 0 Å². The Morgan fingerprint density at radius 1 is 0.800 bits per heavy atom. The maximum absolute atomic E-state index is 13.3. The largest absolute Gasteiger partial charge is 0.497 e. The van der Waals surface area contributed by atoms with E-state index in [4.69, 9.17) is 14.5 Å². The van der Waals surface area contributed by atoms with Crippen LogP contribution in [0.4, 0.5) is 5.69 Å². The lowest BCUT2D eigenvalue weighted by molar-refractivity contribution is -0.113. The minimum atomic E-state index is -0.166. The highest BCUT2D eigenvalue weighted by molar-refractivity contribution is 6.33. The molecule has 3 aromatic rings. The van der Waals surface area contributed by atoms with Crippen molar-refractivity contribution >= 4 is 23.5 Å². The molecule has 0 radical (unpaired) electrons. The van der Waals surface area contributed by atoms with Crippen LogP contribution in [0.5, 0.6) is 11.5 Å². The number of methoxy groups -OCH3 is 2. The van der Waals surface area contributed by atoms with Crippen molar-refractivity contribution in [2.45, 2.75) is 6.92 Å². The van der Waals surface area contributed by atoms with Crippen LogP contribution in [0.25, 0.3) is 6.08 Å². The molecule has 5 nitrogen and oxygen atoms in total. The first-order chi connectivity index (χ1) is 14.6. The normalized spacial score (nSPS) is 14.8. The Labute approximate surface area is 175 Å². The Morgan fingerprint density at radius 2 is 1.37 bits per heavy atom. The summed E-state index contributed by atoms with van der Waals surface area (Å²) in [6.07, 6.45) is 1.79. The Morgan fingerprint density at radius 3 is 1.93 bits per heavy atom. The SMILES string of the molecule is COc1ccc(/C=C2/N=C(c3ccc(OC)cc3)N(c3ccc(C)cc3)C2=O)cc1. The van der Waals surface area contributed by atoms with Crippen molar-refractivity contribution in [2.75, 3.05) is 19.1 Å². The van der Waals surface area contributed by atoms with Crippen molar-refractivity contribution in [2.24, 2.45) is 4.99 Å². The molecule has 4 rings (SSSR count). The first-order valence-corrected chi connectivity index (χ1v) is 9.59. The maximum Gasteiger partial charge on any atom is 0.282 e. The van der Waals surface area contributed by atoms with Crippen molar-refractivity contribution in [3.05, 3.63) is 95.2 Å². The number of aliphatic imine (C=N–C) groups is 1. The highest BCUT2D eigenvalue weighted by Gasteiger charge is 2.32. The molecule has 0 unspecified atom stereocenters. The van der Waals surface area contributed by atoms with Crippen LogP contribution in [0.2, 0.25) is 0 Å². The number of amides is 1. The third-order valence-corrected chi connectivity index (χ3v) is 4.92. The molecule has 0 saturated heterocycles. The molecule has 0 atom stereocenters. The van der Waals surface area contributed by atoms with Gasteiger partial charge in [0.2, 0.25) is 0 Å². The van der Waals surface area contributed by atoms with E-state index in [1.807, 2.05) is 79.7 Å². The molecule has 3 aromatic carbocycles. The summed E-state index contributed by atoms with van der Waals surface area (Å²) in [5.74, 6) is 1.94. The highest BCUT2D eigenvalue weighted by Crippen LogP contribution is 2.29. The quantitative estimate of drug-likeness (QED) is 0.578. The van der Waals surface area contributed by atoms with Gasteiger partial charge in [0, 0.05) is 5.56 Å². The fourth-order valence-electron chi connectivity index (χ4n) is 3.24. The van der Waals surface area contributed by atoms with E-state index in [1.54, 1.807) is 25.2 Å². The molecule has 1 amide bonds. The van der Waals surface area contributed by atoms with Crippen molar-refractivity contribution in [1.82, 2.24) is 0 Å². The van der Waals surface area contributed by atoms with E-state index in [0.29, 0.717) is 11.5 Å². The molecule has 0 N–H and O–H groups in total. The van der Waals surface area contributed by atoms with E-state index >= 15 is 0 Å². The number of anilines is 1. The van der Waals surface area contributed by atoms with E-state index in [0.717, 1.165) is 33.9 Å². The number of ether oxygens (including phenoxy) is 2. The van der Waals surface area contributed by atoms with E-state index in [2.05, 4.69) is 0 Å². The van der Waals surface area contributed by atoms with E-state index in [9.17, 15) is 4.79 Å². The number of hydrogen-bond donors (Lipinski definition) is 0. The number of hydrogen-bond acceptors (Lipinski definition) is 4. The Hall–Kier alpha value is -3.86. The topological polar surface area (TPSA) is 51.1 Å². The minimum Gasteiger partial charge on any atom is -0.497 e. The van der Waals surface area contributed by atoms with Gasteiger partial charge in [0.15, 0.2) is 0 Å². The van der Waals surface area contributed by atoms with Gasteiger partial charge in [-0.2, -0.15) is 0 Å². The van der Waals surface area contributed by atoms with E-state index in [1.165, 1.54) is 0 Å². The van der Waals surface area contributed by atoms with Crippen molar-refractivity contribution in [3.63, 3.8) is 0 Å². The zero-order valence-corrected chi connectivity index (χ0v) is 17.1. The molecule has 0 bridgehead atoms. The van der Waals surface area contributed by atoms with Crippen LogP contribution in [0, 0.1) is 6.92 Å². The van der Waals surface area contributed by atoms with Gasteiger partial charge in [-0.05, 0) is 67.1 Å². The number of nitrogens with zero attached hydrogens (tertiary/aromatic N) is 2. The Kier molecular flexibility index (Phi) is 5.35. The van der Waals surface area contributed by atoms with Crippen LogP contribution in [0.15, 0.2) is 83.5 Å². The van der Waals surface area contributed by atoms with Gasteiger partial charge >= 0.3 is 0 Å². The number of rotatable bonds is 5. The fourth-order valence-corrected chi connectivity index (χ4v) is 3.24. The van der Waals surface area contributed by atoms with Crippen LogP contribution in [0.1, 0.15) is 16.7 Å². The second-order valence-corrected chi connectivity index (χ2v) is 6.94. The lowest BCUT2D eigenvalue weighted by Crippen LogP contribution is -2.32. The molecule has 0 fully saturated rings. The number of carbonyl (C=O) groups excluding carboxylic acids is 1. The summed E-state index contributed by atoms with van der Waals surface area (Å²) in [4.78, 5) is 19.7. The molecular weight excluding hydrogens is 376 g/mol. The van der Waals surface area contributed by atoms with Gasteiger partial charge in [0.05, 0.1) is 19.9 Å². The van der Waals surface area contributed by atoms with Gasteiger partial charge in [0.25, 0.3) is 5.91 Å². The molecule has 1 aliphatic heterocycles. The summed E-state index contributed by atoms with van der Waals surface area (Å²) in [5, 5.41) is 0. The van der Waals surface area contributed by atoms with Gasteiger partial charge < -0.3 is 9.47 Å². The van der Waals surface area contributed by atoms with Crippen LogP contribution >= 0.6 is 0 Å². The first kappa shape index (κ1) is 19.5. The van der Waals surface area contributed by atoms with Gasteiger partial charge in [-0.1, -0.05) is 29.8 Å². The summed E-state index contributed by atoms with van der Waals surface area (Å²) in [5.41, 5.74) is 4.00. The standard InChI is InChI=1S/C25H22N2O3/c1-17-4-10-20(11-5-17)27-24(19-8-14-22(30-3)15-9-19)26-23(25(27)28)16-18-6-12-21(29-2)13-7-18/h4-16H,1-3H3/b23-16+. The molecular formula is C25H22N2O3. The zero-order chi connectivity index (χ0) is 21.1. The summed E-state index contributed by atoms with van der Waals surface area (Å²) >= 11 is 0. The van der Waals surface area contributed by atoms with Crippen LogP contribution < -0.4 is 14.4 Å². The smallest absolute Gasteiger partial charge is 0.282 e. The predicted octanol–water partition coefficient (Wildman–Crippen LogP) is 4.85. The summed E-state index contributed by atoms with van der Waals surface area (Å²) in [7, 11) is 3.25. The maximum atomic E-state index is 13.3. The monoisotopic (exact) mass is 398 g/mol. The second-order valence-electron chi connectivity index (χ2n) is 6.94. The molecule has 1 heterocycles. The van der Waals surface area contributed by atoms with Crippen molar-refractivity contribution < 1.29 is 14.3 Å². The van der Waals surface area contributed by atoms with Gasteiger partial charge in [-0.15, -0.1) is 0 Å². The lowest BCUT2D eigenvalue weighted by atomic mass is 10.1. The van der Waals surface area contributed by atoms with Crippen LogP contribution in [0.3, 0.4) is 0 Å². The van der Waals surface area contributed by atoms with Gasteiger partial charge in [-0.3, -0.25) is 9.69 Å². The average Bonchev–Trinajstić information content (AvgIpc) is 3.11. The Bertz CT molecular complexity index is 1110. The first-order valence-electron chi connectivity index (χ1n) is 9.59. The number of carbonyl (C=O) groups is 1. The van der Waals surface area contributed by atoms with E-state index < -0.39 is 0 Å². The summed E-state index contributed by atoms with van der Waals surface area (Å²) in [6.45, 7) is 2.02. The third kappa shape index (κ3) is 3.82. The Balaban J connectivity index is 1.77. The van der Waals surface area contributed by atoms with Crippen molar-refractivity contribution in [3.8, 4) is 11.5 Å². The van der Waals surface area contributed by atoms with E-state index in [-0.39, 0.29) is 5.91 Å². The lowest BCUT2D eigenvalue weighted by Gasteiger charge is -2.19. The zero-order valence-electron chi connectivity index (χ0n) is 17.1. The molecule has 5 heteroatoms. The molecule has 150 valence electrons. The van der Waals surface area contributed by atoms with Crippen LogP contribution in [-0.4, -0.2) is 26.0 Å². The second kappa shape index (κ2) is 8.25. The van der Waals surface area contributed by atoms with Gasteiger partial charge in [0.1, 0.15) is 23.0 Å². The predicted molar refractivity (Wildman–Crippen MR) is 119 cm³/mol. The summed E-state index contributed by atoms with van der Waals surface area (Å²) < 4.78 is 10.5. The minimum absolute atomic E-state index is 0.166. The average molecular weight is 398 g/mol. The molecule has 30 heavy (non-hydrogen) atoms. The molecule has 0 saturated carbocycles.